The summed E-state index contributed by atoms with van der Waals surface area (Å²) >= 11 is 0.996. The Morgan fingerprint density at radius 3 is 2.43 bits per heavy atom. The van der Waals surface area contributed by atoms with E-state index in [0.717, 1.165) is 30.8 Å². The lowest BCUT2D eigenvalue weighted by atomic mass is 9.92. The summed E-state index contributed by atoms with van der Waals surface area (Å²) in [6.45, 7) is 8.26. The van der Waals surface area contributed by atoms with Gasteiger partial charge >= 0.3 is 5.97 Å². The zero-order chi connectivity index (χ0) is 20.8. The number of likely N-dealkylation sites (tertiary alicyclic amines) is 1. The maximum atomic E-state index is 12.6. The van der Waals surface area contributed by atoms with Crippen molar-refractivity contribution in [2.24, 2.45) is 17.6 Å². The lowest BCUT2D eigenvalue weighted by molar-refractivity contribution is -0.117. The van der Waals surface area contributed by atoms with Crippen LogP contribution < -0.4 is 11.1 Å². The molecule has 0 radical (unpaired) electrons. The highest BCUT2D eigenvalue weighted by Gasteiger charge is 2.27. The van der Waals surface area contributed by atoms with Crippen LogP contribution in [0.3, 0.4) is 0 Å². The molecule has 9 heteroatoms. The van der Waals surface area contributed by atoms with Gasteiger partial charge in [-0.25, -0.2) is 4.79 Å². The number of primary amides is 1. The van der Waals surface area contributed by atoms with Gasteiger partial charge in [0.25, 0.3) is 5.91 Å². The van der Waals surface area contributed by atoms with Gasteiger partial charge in [-0.1, -0.05) is 13.8 Å². The molecule has 1 fully saturated rings. The molecule has 1 aromatic heterocycles. The number of hydrogen-bond acceptors (Lipinski definition) is 7. The molecule has 2 unspecified atom stereocenters. The molecule has 2 heterocycles. The number of methoxy groups -OCH3 is 1. The van der Waals surface area contributed by atoms with Crippen LogP contribution in [-0.2, 0) is 14.3 Å². The number of nitrogens with zero attached hydrogens (tertiary/aromatic N) is 1. The Hall–Kier alpha value is -1.97. The van der Waals surface area contributed by atoms with E-state index in [2.05, 4.69) is 24.1 Å². The second-order valence-corrected chi connectivity index (χ2v) is 8.46. The Balaban J connectivity index is 2.14. The number of hydrogen-bond donors (Lipinski definition) is 2. The average Bonchev–Trinajstić information content (AvgIpc) is 2.90. The van der Waals surface area contributed by atoms with Crippen molar-refractivity contribution in [1.29, 1.82) is 0 Å². The number of nitrogens with two attached hydrogens (primary N) is 1. The van der Waals surface area contributed by atoms with E-state index < -0.39 is 11.9 Å². The minimum atomic E-state index is -0.646. The average molecular weight is 412 g/mol. The molecule has 2 rings (SSSR count). The quantitative estimate of drug-likeness (QED) is 0.499. The first-order valence-electron chi connectivity index (χ1n) is 9.34. The molecule has 0 aromatic carbocycles. The van der Waals surface area contributed by atoms with Crippen LogP contribution in [0.1, 0.15) is 45.9 Å². The normalized spacial score (nSPS) is 20.0. The number of ether oxygens (including phenoxy) is 2. The summed E-state index contributed by atoms with van der Waals surface area (Å²) in [4.78, 5) is 39.1. The fraction of sp³-hybridized carbons (Fsp3) is 0.632. The maximum Gasteiger partial charge on any atom is 0.341 e. The molecule has 0 bridgehead atoms. The fourth-order valence-corrected chi connectivity index (χ4v) is 4.73. The predicted octanol–water partition coefficient (Wildman–Crippen LogP) is 1.88. The molecular formula is C19H29N3O5S. The second kappa shape index (κ2) is 9.99. The number of amides is 2. The molecule has 0 saturated carbocycles. The lowest BCUT2D eigenvalue weighted by Gasteiger charge is -2.34. The van der Waals surface area contributed by atoms with E-state index in [1.54, 1.807) is 6.92 Å². The molecule has 1 saturated heterocycles. The summed E-state index contributed by atoms with van der Waals surface area (Å²) in [6.07, 6.45) is 1.15. The van der Waals surface area contributed by atoms with E-state index >= 15 is 0 Å². The van der Waals surface area contributed by atoms with E-state index in [4.69, 9.17) is 15.2 Å². The third-order valence-electron chi connectivity index (χ3n) is 4.66. The number of carbonyl (C=O) groups is 3. The first-order chi connectivity index (χ1) is 13.2. The molecule has 1 aromatic rings. The van der Waals surface area contributed by atoms with Crippen LogP contribution in [0, 0.1) is 18.8 Å². The molecule has 1 aliphatic heterocycles. The number of anilines is 1. The molecular weight excluding hydrogens is 382 g/mol. The molecule has 1 aliphatic rings. The van der Waals surface area contributed by atoms with Gasteiger partial charge in [0.2, 0.25) is 5.91 Å². The number of thiophene rings is 1. The van der Waals surface area contributed by atoms with Crippen LogP contribution in [0.15, 0.2) is 0 Å². The fourth-order valence-electron chi connectivity index (χ4n) is 3.66. The van der Waals surface area contributed by atoms with Crippen LogP contribution in [0.2, 0.25) is 0 Å². The first-order valence-corrected chi connectivity index (χ1v) is 10.2. The summed E-state index contributed by atoms with van der Waals surface area (Å²) in [5, 5.41) is 3.06. The van der Waals surface area contributed by atoms with Crippen LogP contribution >= 0.6 is 11.3 Å². The van der Waals surface area contributed by atoms with Gasteiger partial charge in [-0.3, -0.25) is 14.5 Å². The van der Waals surface area contributed by atoms with E-state index in [0.29, 0.717) is 17.4 Å². The lowest BCUT2D eigenvalue weighted by Crippen LogP contribution is -2.42. The van der Waals surface area contributed by atoms with Crippen molar-refractivity contribution in [3.8, 4) is 0 Å². The number of carbonyl (C=O) groups excluding carboxylic acids is 3. The molecule has 3 N–H and O–H groups in total. The minimum Gasteiger partial charge on any atom is -0.460 e. The Morgan fingerprint density at radius 1 is 1.21 bits per heavy atom. The van der Waals surface area contributed by atoms with Crippen LogP contribution in [0.5, 0.6) is 0 Å². The minimum absolute atomic E-state index is 0.0769. The van der Waals surface area contributed by atoms with E-state index in [-0.39, 0.29) is 41.1 Å². The van der Waals surface area contributed by atoms with Crippen LogP contribution in [-0.4, -0.2) is 62.6 Å². The van der Waals surface area contributed by atoms with Gasteiger partial charge in [-0.2, -0.15) is 0 Å². The van der Waals surface area contributed by atoms with Crippen LogP contribution in [0.4, 0.5) is 5.00 Å². The number of esters is 1. The first kappa shape index (κ1) is 22.3. The molecule has 156 valence electrons. The molecule has 8 nitrogen and oxygen atoms in total. The summed E-state index contributed by atoms with van der Waals surface area (Å²) in [7, 11) is 1.50. The van der Waals surface area contributed by atoms with E-state index in [1.807, 2.05) is 0 Å². The van der Waals surface area contributed by atoms with Crippen molar-refractivity contribution in [2.75, 3.05) is 45.3 Å². The zero-order valence-corrected chi connectivity index (χ0v) is 17.7. The van der Waals surface area contributed by atoms with E-state index in [9.17, 15) is 14.4 Å². The van der Waals surface area contributed by atoms with Gasteiger partial charge in [-0.05, 0) is 30.7 Å². The van der Waals surface area contributed by atoms with Gasteiger partial charge in [0, 0.05) is 20.2 Å². The molecule has 0 spiro atoms. The van der Waals surface area contributed by atoms with Gasteiger partial charge in [-0.15, -0.1) is 11.3 Å². The van der Waals surface area contributed by atoms with Crippen molar-refractivity contribution < 1.29 is 23.9 Å². The van der Waals surface area contributed by atoms with Crippen molar-refractivity contribution >= 4 is 34.1 Å². The predicted molar refractivity (Wildman–Crippen MR) is 108 cm³/mol. The van der Waals surface area contributed by atoms with Gasteiger partial charge < -0.3 is 20.5 Å². The third kappa shape index (κ3) is 5.76. The SMILES string of the molecule is COCCOC(=O)c1c(NC(=O)CN2CC(C)CC(C)C2)sc(C(N)=O)c1C. The highest BCUT2D eigenvalue weighted by Crippen LogP contribution is 2.33. The summed E-state index contributed by atoms with van der Waals surface area (Å²) in [5.41, 5.74) is 5.99. The molecule has 2 amide bonds. The Labute approximate surface area is 169 Å². The zero-order valence-electron chi connectivity index (χ0n) is 16.9. The maximum absolute atomic E-state index is 12.6. The Bertz CT molecular complexity index is 723. The number of rotatable bonds is 8. The number of piperidine rings is 1. The van der Waals surface area contributed by atoms with Crippen molar-refractivity contribution in [3.63, 3.8) is 0 Å². The van der Waals surface area contributed by atoms with E-state index in [1.165, 1.54) is 7.11 Å². The largest absolute Gasteiger partial charge is 0.460 e. The Morgan fingerprint density at radius 2 is 1.86 bits per heavy atom. The van der Waals surface area contributed by atoms with Gasteiger partial charge in [0.15, 0.2) is 0 Å². The van der Waals surface area contributed by atoms with Crippen LogP contribution in [0.25, 0.3) is 0 Å². The molecule has 28 heavy (non-hydrogen) atoms. The Kier molecular flexibility index (Phi) is 7.97. The van der Waals surface area contributed by atoms with Crippen molar-refractivity contribution in [2.45, 2.75) is 27.2 Å². The monoisotopic (exact) mass is 411 g/mol. The molecule has 0 aliphatic carbocycles. The summed E-state index contributed by atoms with van der Waals surface area (Å²) in [5.74, 6) is -0.424. The smallest absolute Gasteiger partial charge is 0.341 e. The standard InChI is InChI=1S/C19H29N3O5S/c1-11-7-12(2)9-22(8-11)10-14(23)21-18-15(19(25)27-6-5-26-4)13(3)16(28-18)17(20)24/h11-12H,5-10H2,1-4H3,(H2,20,24)(H,21,23). The topological polar surface area (TPSA) is 111 Å². The highest BCUT2D eigenvalue weighted by molar-refractivity contribution is 7.18. The van der Waals surface area contributed by atoms with Gasteiger partial charge in [0.05, 0.1) is 23.6 Å². The second-order valence-electron chi connectivity index (χ2n) is 7.44. The summed E-state index contributed by atoms with van der Waals surface area (Å²) in [6, 6.07) is 0. The number of nitrogens with one attached hydrogen (secondary N) is 1. The highest BCUT2D eigenvalue weighted by atomic mass is 32.1. The van der Waals surface area contributed by atoms with Crippen molar-refractivity contribution in [1.82, 2.24) is 4.90 Å². The van der Waals surface area contributed by atoms with Gasteiger partial charge in [0.1, 0.15) is 11.6 Å². The van der Waals surface area contributed by atoms with Crippen molar-refractivity contribution in [3.05, 3.63) is 16.0 Å². The molecule has 2 atom stereocenters. The third-order valence-corrected chi connectivity index (χ3v) is 5.88. The summed E-state index contributed by atoms with van der Waals surface area (Å²) < 4.78 is 10.0.